The molecule has 1 heterocycles. The van der Waals surface area contributed by atoms with Crippen LogP contribution in [0.2, 0.25) is 0 Å². The first kappa shape index (κ1) is 14.1. The Morgan fingerprint density at radius 1 is 1.35 bits per heavy atom. The summed E-state index contributed by atoms with van der Waals surface area (Å²) in [5.74, 6) is 0.534. The van der Waals surface area contributed by atoms with Gasteiger partial charge in [0.1, 0.15) is 11.5 Å². The molecule has 0 aliphatic carbocycles. The fourth-order valence-electron chi connectivity index (χ4n) is 1.92. The standard InChI is InChI=1S/C16H17NO3/c1-3-11(2)14-6-4-5-7-15(14)20-13-8-12(16(18)19)9-17-10-13/h4-11H,3H2,1-2H3,(H,18,19). The highest BCUT2D eigenvalue weighted by atomic mass is 16.5. The Bertz CT molecular complexity index is 610. The highest BCUT2D eigenvalue weighted by Crippen LogP contribution is 2.31. The van der Waals surface area contributed by atoms with Gasteiger partial charge in [0.2, 0.25) is 0 Å². The Morgan fingerprint density at radius 3 is 2.80 bits per heavy atom. The van der Waals surface area contributed by atoms with E-state index in [1.165, 1.54) is 18.5 Å². The molecule has 0 fully saturated rings. The van der Waals surface area contributed by atoms with E-state index in [1.807, 2.05) is 24.3 Å². The van der Waals surface area contributed by atoms with Crippen LogP contribution < -0.4 is 4.74 Å². The van der Waals surface area contributed by atoms with Crippen molar-refractivity contribution in [2.75, 3.05) is 0 Å². The quantitative estimate of drug-likeness (QED) is 0.890. The maximum absolute atomic E-state index is 10.9. The Hall–Kier alpha value is -2.36. The van der Waals surface area contributed by atoms with E-state index >= 15 is 0 Å². The number of pyridine rings is 1. The Balaban J connectivity index is 2.30. The van der Waals surface area contributed by atoms with E-state index in [4.69, 9.17) is 9.84 Å². The topological polar surface area (TPSA) is 59.4 Å². The number of hydrogen-bond donors (Lipinski definition) is 1. The van der Waals surface area contributed by atoms with Crippen molar-refractivity contribution in [3.8, 4) is 11.5 Å². The number of ether oxygens (including phenoxy) is 1. The molecule has 104 valence electrons. The molecular formula is C16H17NO3. The number of para-hydroxylation sites is 1. The largest absolute Gasteiger partial charge is 0.478 e. The van der Waals surface area contributed by atoms with Crippen molar-refractivity contribution in [1.29, 1.82) is 0 Å². The molecule has 0 saturated carbocycles. The van der Waals surface area contributed by atoms with Gasteiger partial charge in [-0.05, 0) is 30.0 Å². The molecule has 0 radical (unpaired) electrons. The third-order valence-corrected chi connectivity index (χ3v) is 3.25. The van der Waals surface area contributed by atoms with Crippen LogP contribution >= 0.6 is 0 Å². The van der Waals surface area contributed by atoms with Gasteiger partial charge in [-0.25, -0.2) is 4.79 Å². The van der Waals surface area contributed by atoms with E-state index < -0.39 is 5.97 Å². The molecule has 1 unspecified atom stereocenters. The number of hydrogen-bond acceptors (Lipinski definition) is 3. The van der Waals surface area contributed by atoms with E-state index in [0.717, 1.165) is 17.7 Å². The van der Waals surface area contributed by atoms with E-state index in [0.29, 0.717) is 11.7 Å². The third kappa shape index (κ3) is 3.15. The zero-order valence-corrected chi connectivity index (χ0v) is 11.5. The number of carboxylic acid groups (broad SMARTS) is 1. The predicted octanol–water partition coefficient (Wildman–Crippen LogP) is 4.09. The molecule has 0 spiro atoms. The maximum Gasteiger partial charge on any atom is 0.337 e. The first-order chi connectivity index (χ1) is 9.61. The lowest BCUT2D eigenvalue weighted by molar-refractivity contribution is 0.0696. The van der Waals surface area contributed by atoms with Crippen molar-refractivity contribution < 1.29 is 14.6 Å². The van der Waals surface area contributed by atoms with Crippen LogP contribution in [0.4, 0.5) is 0 Å². The Morgan fingerprint density at radius 2 is 2.10 bits per heavy atom. The van der Waals surface area contributed by atoms with Crippen LogP contribution in [0, 0.1) is 0 Å². The number of nitrogens with zero attached hydrogens (tertiary/aromatic N) is 1. The fraction of sp³-hybridized carbons (Fsp3) is 0.250. The van der Waals surface area contributed by atoms with Crippen molar-refractivity contribution >= 4 is 5.97 Å². The lowest BCUT2D eigenvalue weighted by atomic mass is 9.98. The van der Waals surface area contributed by atoms with Crippen molar-refractivity contribution in [2.45, 2.75) is 26.2 Å². The number of carboxylic acids is 1. The van der Waals surface area contributed by atoms with Gasteiger partial charge in [-0.15, -0.1) is 0 Å². The summed E-state index contributed by atoms with van der Waals surface area (Å²) in [6, 6.07) is 9.26. The summed E-state index contributed by atoms with van der Waals surface area (Å²) >= 11 is 0. The lowest BCUT2D eigenvalue weighted by Crippen LogP contribution is -1.99. The molecule has 4 heteroatoms. The smallest absolute Gasteiger partial charge is 0.337 e. The number of carbonyl (C=O) groups is 1. The van der Waals surface area contributed by atoms with E-state index in [9.17, 15) is 4.79 Å². The molecular weight excluding hydrogens is 254 g/mol. The third-order valence-electron chi connectivity index (χ3n) is 3.25. The minimum absolute atomic E-state index is 0.114. The molecule has 20 heavy (non-hydrogen) atoms. The van der Waals surface area contributed by atoms with Crippen LogP contribution in [-0.4, -0.2) is 16.1 Å². The number of aromatic carboxylic acids is 1. The summed E-state index contributed by atoms with van der Waals surface area (Å²) in [5.41, 5.74) is 1.22. The SMILES string of the molecule is CCC(C)c1ccccc1Oc1cncc(C(=O)O)c1. The molecule has 1 aromatic heterocycles. The van der Waals surface area contributed by atoms with Crippen molar-refractivity contribution in [2.24, 2.45) is 0 Å². The Kier molecular flexibility index (Phi) is 4.35. The van der Waals surface area contributed by atoms with Gasteiger partial charge >= 0.3 is 5.97 Å². The van der Waals surface area contributed by atoms with Crippen LogP contribution in [0.5, 0.6) is 11.5 Å². The van der Waals surface area contributed by atoms with E-state index in [-0.39, 0.29) is 5.56 Å². The van der Waals surface area contributed by atoms with Gasteiger partial charge in [-0.1, -0.05) is 32.0 Å². The van der Waals surface area contributed by atoms with Crippen LogP contribution in [0.1, 0.15) is 42.1 Å². The van der Waals surface area contributed by atoms with Crippen LogP contribution in [0.25, 0.3) is 0 Å². The summed E-state index contributed by atoms with van der Waals surface area (Å²) in [6.45, 7) is 4.25. The second-order valence-electron chi connectivity index (χ2n) is 4.66. The van der Waals surface area contributed by atoms with Crippen LogP contribution in [0.3, 0.4) is 0 Å². The minimum atomic E-state index is -1.02. The first-order valence-corrected chi connectivity index (χ1v) is 6.57. The second kappa shape index (κ2) is 6.19. The molecule has 0 aliphatic heterocycles. The second-order valence-corrected chi connectivity index (χ2v) is 4.66. The van der Waals surface area contributed by atoms with Crippen molar-refractivity contribution in [3.63, 3.8) is 0 Å². The first-order valence-electron chi connectivity index (χ1n) is 6.57. The van der Waals surface area contributed by atoms with Gasteiger partial charge < -0.3 is 9.84 Å². The van der Waals surface area contributed by atoms with E-state index in [2.05, 4.69) is 18.8 Å². The zero-order chi connectivity index (χ0) is 14.5. The molecule has 0 aliphatic rings. The highest BCUT2D eigenvalue weighted by molar-refractivity contribution is 5.87. The van der Waals surface area contributed by atoms with Gasteiger partial charge in [-0.3, -0.25) is 4.98 Å². The normalized spacial score (nSPS) is 11.9. The molecule has 2 rings (SSSR count). The predicted molar refractivity (Wildman–Crippen MR) is 76.4 cm³/mol. The molecule has 2 aromatic rings. The van der Waals surface area contributed by atoms with Gasteiger partial charge in [0.25, 0.3) is 0 Å². The molecule has 0 saturated heterocycles. The number of rotatable bonds is 5. The van der Waals surface area contributed by atoms with Crippen molar-refractivity contribution in [1.82, 2.24) is 4.98 Å². The maximum atomic E-state index is 10.9. The Labute approximate surface area is 118 Å². The molecule has 1 aromatic carbocycles. The highest BCUT2D eigenvalue weighted by Gasteiger charge is 2.11. The monoisotopic (exact) mass is 271 g/mol. The van der Waals surface area contributed by atoms with Crippen LogP contribution in [0.15, 0.2) is 42.7 Å². The molecule has 4 nitrogen and oxygen atoms in total. The molecule has 1 atom stereocenters. The zero-order valence-electron chi connectivity index (χ0n) is 11.5. The van der Waals surface area contributed by atoms with E-state index in [1.54, 1.807) is 0 Å². The number of benzene rings is 1. The minimum Gasteiger partial charge on any atom is -0.478 e. The van der Waals surface area contributed by atoms with Crippen LogP contribution in [-0.2, 0) is 0 Å². The number of aromatic nitrogens is 1. The molecule has 1 N–H and O–H groups in total. The average Bonchev–Trinajstić information content (AvgIpc) is 2.47. The summed E-state index contributed by atoms with van der Waals surface area (Å²) in [5, 5.41) is 8.96. The van der Waals surface area contributed by atoms with Crippen molar-refractivity contribution in [3.05, 3.63) is 53.9 Å². The summed E-state index contributed by atoms with van der Waals surface area (Å²) in [7, 11) is 0. The van der Waals surface area contributed by atoms with Gasteiger partial charge in [0, 0.05) is 6.20 Å². The fourth-order valence-corrected chi connectivity index (χ4v) is 1.92. The van der Waals surface area contributed by atoms with Gasteiger partial charge in [-0.2, -0.15) is 0 Å². The molecule has 0 bridgehead atoms. The molecule has 0 amide bonds. The summed E-state index contributed by atoms with van der Waals surface area (Å²) in [4.78, 5) is 14.8. The summed E-state index contributed by atoms with van der Waals surface area (Å²) < 4.78 is 5.80. The van der Waals surface area contributed by atoms with Gasteiger partial charge in [0.05, 0.1) is 11.8 Å². The summed E-state index contributed by atoms with van der Waals surface area (Å²) in [6.07, 6.45) is 3.82. The van der Waals surface area contributed by atoms with Gasteiger partial charge in [0.15, 0.2) is 0 Å². The lowest BCUT2D eigenvalue weighted by Gasteiger charge is -2.15. The average molecular weight is 271 g/mol.